The van der Waals surface area contributed by atoms with E-state index in [2.05, 4.69) is 53.8 Å². The van der Waals surface area contributed by atoms with Gasteiger partial charge in [0.2, 0.25) is 0 Å². The fourth-order valence-corrected chi connectivity index (χ4v) is 5.97. The van der Waals surface area contributed by atoms with E-state index in [0.717, 1.165) is 46.5 Å². The van der Waals surface area contributed by atoms with Gasteiger partial charge in [0.1, 0.15) is 6.54 Å². The smallest absolute Gasteiger partial charge is 0.325 e. The van der Waals surface area contributed by atoms with Crippen molar-refractivity contribution in [3.8, 4) is 11.1 Å². The molecular weight excluding hydrogens is 606 g/mol. The van der Waals surface area contributed by atoms with E-state index in [4.69, 9.17) is 14.2 Å². The van der Waals surface area contributed by atoms with E-state index in [1.807, 2.05) is 78.9 Å². The monoisotopic (exact) mass is 651 g/mol. The van der Waals surface area contributed by atoms with E-state index >= 15 is 0 Å². The van der Waals surface area contributed by atoms with Gasteiger partial charge < -0.3 is 30.0 Å². The van der Waals surface area contributed by atoms with Crippen LogP contribution in [0.1, 0.15) is 54.1 Å². The van der Waals surface area contributed by atoms with Gasteiger partial charge in [-0.1, -0.05) is 110 Å². The quantitative estimate of drug-likeness (QED) is 0.149. The number of carbonyl (C=O) groups excluding carboxylic acids is 2. The number of hydrogen-bond acceptors (Lipinski definition) is 7. The average Bonchev–Trinajstić information content (AvgIpc) is 3.11. The van der Waals surface area contributed by atoms with Crippen LogP contribution in [-0.2, 0) is 38.7 Å². The third-order valence-corrected chi connectivity index (χ3v) is 8.56. The van der Waals surface area contributed by atoms with Crippen molar-refractivity contribution in [2.75, 3.05) is 26.7 Å². The highest BCUT2D eigenvalue weighted by Crippen LogP contribution is 2.42. The van der Waals surface area contributed by atoms with Crippen molar-refractivity contribution in [3.05, 3.63) is 131 Å². The van der Waals surface area contributed by atoms with Gasteiger partial charge in [-0.15, -0.1) is 0 Å². The van der Waals surface area contributed by atoms with Crippen molar-refractivity contribution >= 4 is 12.0 Å². The number of aliphatic hydroxyl groups is 1. The minimum Gasteiger partial charge on any atom is -0.465 e. The Hall–Kier alpha value is -4.54. The molecule has 4 atom stereocenters. The lowest BCUT2D eigenvalue weighted by Gasteiger charge is -2.42. The zero-order valence-electron chi connectivity index (χ0n) is 27.8. The Morgan fingerprint density at radius 3 is 2.23 bits per heavy atom. The van der Waals surface area contributed by atoms with Gasteiger partial charge in [-0.25, -0.2) is 4.79 Å². The van der Waals surface area contributed by atoms with Crippen LogP contribution in [0.25, 0.3) is 11.1 Å². The Morgan fingerprint density at radius 2 is 1.52 bits per heavy atom. The molecule has 0 bridgehead atoms. The van der Waals surface area contributed by atoms with Crippen LogP contribution in [0.5, 0.6) is 0 Å². The second-order valence-corrected chi connectivity index (χ2v) is 12.1. The van der Waals surface area contributed by atoms with E-state index in [1.54, 1.807) is 6.92 Å². The van der Waals surface area contributed by atoms with E-state index in [0.29, 0.717) is 0 Å². The Kier molecular flexibility index (Phi) is 12.3. The zero-order chi connectivity index (χ0) is 33.9. The number of benzene rings is 4. The van der Waals surface area contributed by atoms with Crippen molar-refractivity contribution in [2.24, 2.45) is 5.92 Å². The number of esters is 1. The predicted octanol–water partition coefficient (Wildman–Crippen LogP) is 6.13. The topological polar surface area (TPSA) is 109 Å². The molecule has 0 aliphatic carbocycles. The number of ether oxygens (including phenoxy) is 3. The molecule has 1 fully saturated rings. The molecular formula is C39H45N3O6. The van der Waals surface area contributed by atoms with Crippen LogP contribution in [0.4, 0.5) is 4.79 Å². The lowest BCUT2D eigenvalue weighted by atomic mass is 9.90. The van der Waals surface area contributed by atoms with Gasteiger partial charge in [0.05, 0.1) is 25.4 Å². The number of nitrogens with one attached hydrogen (secondary N) is 2. The highest BCUT2D eigenvalue weighted by Gasteiger charge is 2.38. The summed E-state index contributed by atoms with van der Waals surface area (Å²) in [6.07, 6.45) is -0.873. The zero-order valence-corrected chi connectivity index (χ0v) is 27.8. The van der Waals surface area contributed by atoms with Crippen molar-refractivity contribution in [1.29, 1.82) is 0 Å². The normalized spacial score (nSPS) is 19.1. The fraction of sp³-hybridized carbons (Fsp3) is 0.333. The van der Waals surface area contributed by atoms with E-state index in [1.165, 1.54) is 5.56 Å². The summed E-state index contributed by atoms with van der Waals surface area (Å²) in [5.41, 5.74) is 6.97. The van der Waals surface area contributed by atoms with Crippen LogP contribution in [0.15, 0.2) is 103 Å². The Bertz CT molecular complexity index is 1610. The van der Waals surface area contributed by atoms with Crippen molar-refractivity contribution in [1.82, 2.24) is 15.5 Å². The van der Waals surface area contributed by atoms with E-state index in [9.17, 15) is 14.7 Å². The van der Waals surface area contributed by atoms with Crippen molar-refractivity contribution in [2.45, 2.75) is 52.0 Å². The molecule has 48 heavy (non-hydrogen) atoms. The molecule has 4 aromatic carbocycles. The summed E-state index contributed by atoms with van der Waals surface area (Å²) in [6.45, 7) is 5.79. The Morgan fingerprint density at radius 1 is 0.833 bits per heavy atom. The fourth-order valence-electron chi connectivity index (χ4n) is 5.97. The maximum absolute atomic E-state index is 12.3. The predicted molar refractivity (Wildman–Crippen MR) is 184 cm³/mol. The number of likely N-dealkylation sites (N-methyl/N-ethyl adjacent to an activating group) is 1. The van der Waals surface area contributed by atoms with Crippen LogP contribution in [-0.4, -0.2) is 54.9 Å². The van der Waals surface area contributed by atoms with Gasteiger partial charge in [-0.3, -0.25) is 9.69 Å². The van der Waals surface area contributed by atoms with Gasteiger partial charge >= 0.3 is 12.0 Å². The molecule has 1 saturated heterocycles. The summed E-state index contributed by atoms with van der Waals surface area (Å²) < 4.78 is 18.2. The molecule has 0 saturated carbocycles. The maximum atomic E-state index is 12.3. The number of carbonyl (C=O) groups is 2. The number of hydrogen-bond donors (Lipinski definition) is 3. The van der Waals surface area contributed by atoms with Crippen LogP contribution in [0.2, 0.25) is 0 Å². The second-order valence-electron chi connectivity index (χ2n) is 12.1. The number of aliphatic hydroxyl groups excluding tert-OH is 1. The molecule has 0 unspecified atom stereocenters. The molecule has 1 heterocycles. The average molecular weight is 652 g/mol. The summed E-state index contributed by atoms with van der Waals surface area (Å²) in [4.78, 5) is 26.1. The van der Waals surface area contributed by atoms with Crippen LogP contribution in [0, 0.1) is 5.92 Å². The Labute approximate surface area is 282 Å². The number of nitrogens with zero attached hydrogens (tertiary/aromatic N) is 1. The molecule has 3 N–H and O–H groups in total. The molecule has 1 aliphatic rings. The third-order valence-electron chi connectivity index (χ3n) is 8.56. The number of rotatable bonds is 13. The molecule has 252 valence electrons. The molecule has 9 nitrogen and oxygen atoms in total. The standard InChI is InChI=1S/C39H45N3O6/c1-4-46-36(44)23-41-39(45)40-22-33-12-8-9-13-34(33)30-18-20-32(21-19-30)38-47-35(25-42(3)24-28-10-6-5-7-11-28)27(2)37(48-38)31-16-14-29(26-43)15-17-31/h5-21,27,35,37-38,43H,4,22-26H2,1-3H3,(H2,40,41,45)/t27-,35+,37+,38+/m0/s1. The molecule has 4 aromatic rings. The van der Waals surface area contributed by atoms with Gasteiger partial charge in [0, 0.05) is 31.1 Å². The van der Waals surface area contributed by atoms with E-state index in [-0.39, 0.29) is 44.4 Å². The third kappa shape index (κ3) is 9.29. The van der Waals surface area contributed by atoms with Crippen molar-refractivity contribution < 1.29 is 28.9 Å². The van der Waals surface area contributed by atoms with Gasteiger partial charge in [-0.05, 0) is 47.4 Å². The molecule has 5 rings (SSSR count). The van der Waals surface area contributed by atoms with Gasteiger partial charge in [0.25, 0.3) is 0 Å². The SMILES string of the molecule is CCOC(=O)CNC(=O)NCc1ccccc1-c1ccc([C@@H]2O[C@H](CN(C)Cc3ccccc3)[C@H](C)[C@H](c3ccc(CO)cc3)O2)cc1. The summed E-state index contributed by atoms with van der Waals surface area (Å²) in [5.74, 6) is -0.405. The van der Waals surface area contributed by atoms with E-state index < -0.39 is 18.3 Å². The molecule has 9 heteroatoms. The number of urea groups is 1. The van der Waals surface area contributed by atoms with Crippen LogP contribution < -0.4 is 10.6 Å². The summed E-state index contributed by atoms with van der Waals surface area (Å²) in [5, 5.41) is 14.9. The van der Waals surface area contributed by atoms with Gasteiger partial charge in [0.15, 0.2) is 6.29 Å². The molecule has 2 amide bonds. The second kappa shape index (κ2) is 17.0. The molecule has 0 radical (unpaired) electrons. The van der Waals surface area contributed by atoms with Gasteiger partial charge in [-0.2, -0.15) is 0 Å². The highest BCUT2D eigenvalue weighted by atomic mass is 16.7. The minimum atomic E-state index is -0.576. The first-order chi connectivity index (χ1) is 23.3. The first-order valence-corrected chi connectivity index (χ1v) is 16.4. The van der Waals surface area contributed by atoms with Crippen LogP contribution in [0.3, 0.4) is 0 Å². The molecule has 1 aliphatic heterocycles. The lowest BCUT2D eigenvalue weighted by Crippen LogP contribution is -2.43. The first kappa shape index (κ1) is 34.8. The minimum absolute atomic E-state index is 0.00573. The summed E-state index contributed by atoms with van der Waals surface area (Å²) in [6, 6.07) is 33.9. The molecule has 0 aromatic heterocycles. The highest BCUT2D eigenvalue weighted by molar-refractivity contribution is 5.81. The Balaban J connectivity index is 1.31. The number of amides is 2. The summed E-state index contributed by atoms with van der Waals surface area (Å²) in [7, 11) is 2.11. The maximum Gasteiger partial charge on any atom is 0.325 e. The van der Waals surface area contributed by atoms with Crippen LogP contribution >= 0.6 is 0 Å². The first-order valence-electron chi connectivity index (χ1n) is 16.4. The summed E-state index contributed by atoms with van der Waals surface area (Å²) >= 11 is 0. The lowest BCUT2D eigenvalue weighted by molar-refractivity contribution is -0.276. The van der Waals surface area contributed by atoms with Crippen molar-refractivity contribution in [3.63, 3.8) is 0 Å². The largest absolute Gasteiger partial charge is 0.465 e. The molecule has 0 spiro atoms.